The van der Waals surface area contributed by atoms with Gasteiger partial charge >= 0.3 is 6.18 Å². The Labute approximate surface area is 236 Å². The number of hydrogen-bond acceptors (Lipinski definition) is 8. The van der Waals surface area contributed by atoms with Crippen molar-refractivity contribution in [1.29, 1.82) is 0 Å². The maximum atomic E-state index is 13.7. The number of pyridine rings is 2. The standard InChI is InChI=1S/C29H33F3N6O3/c1-19(25-5-3-7-33-25)41-23-16-21(29(30,31)32)15-22(17-23)37-28(39)24-4-2-8-35-27(24)36-18-20-6-9-34-26(14-20)38-10-12-40-13-11-38/h2,4,6,8-9,14-17,19,25,33H,3,5,7,10-13,18H2,1H3,(H,35,36)(H,37,39). The summed E-state index contributed by atoms with van der Waals surface area (Å²) in [6, 6.07) is 10.3. The van der Waals surface area contributed by atoms with Gasteiger partial charge in [0.05, 0.1) is 24.3 Å². The van der Waals surface area contributed by atoms with Crippen molar-refractivity contribution in [3.05, 3.63) is 71.5 Å². The van der Waals surface area contributed by atoms with Gasteiger partial charge in [-0.2, -0.15) is 13.2 Å². The predicted molar refractivity (Wildman–Crippen MR) is 149 cm³/mol. The molecule has 3 aromatic rings. The fraction of sp³-hybridized carbons (Fsp3) is 0.414. The summed E-state index contributed by atoms with van der Waals surface area (Å²) < 4.78 is 52.4. The normalized spacial score (nSPS) is 18.1. The highest BCUT2D eigenvalue weighted by Crippen LogP contribution is 2.35. The number of aromatic nitrogens is 2. The summed E-state index contributed by atoms with van der Waals surface area (Å²) in [4.78, 5) is 24.2. The first-order valence-corrected chi connectivity index (χ1v) is 13.7. The Bertz CT molecular complexity index is 1340. The number of nitrogens with one attached hydrogen (secondary N) is 3. The molecule has 5 rings (SSSR count). The molecule has 1 amide bonds. The van der Waals surface area contributed by atoms with Gasteiger partial charge in [0.1, 0.15) is 23.5 Å². The zero-order chi connectivity index (χ0) is 28.8. The number of rotatable bonds is 9. The van der Waals surface area contributed by atoms with Gasteiger partial charge in [-0.1, -0.05) is 0 Å². The smallest absolute Gasteiger partial charge is 0.416 e. The number of hydrogen-bond donors (Lipinski definition) is 3. The minimum Gasteiger partial charge on any atom is -0.489 e. The zero-order valence-electron chi connectivity index (χ0n) is 22.7. The Hall–Kier alpha value is -3.90. The first-order chi connectivity index (χ1) is 19.8. The van der Waals surface area contributed by atoms with E-state index in [1.54, 1.807) is 24.5 Å². The fourth-order valence-electron chi connectivity index (χ4n) is 4.96. The van der Waals surface area contributed by atoms with Crippen molar-refractivity contribution >= 4 is 23.2 Å². The van der Waals surface area contributed by atoms with Crippen molar-refractivity contribution < 1.29 is 27.4 Å². The molecule has 3 N–H and O–H groups in total. The molecule has 0 aliphatic carbocycles. The van der Waals surface area contributed by atoms with E-state index in [9.17, 15) is 18.0 Å². The van der Waals surface area contributed by atoms with E-state index >= 15 is 0 Å². The van der Waals surface area contributed by atoms with Crippen LogP contribution in [-0.2, 0) is 17.5 Å². The molecule has 2 aliphatic rings. The van der Waals surface area contributed by atoms with Crippen LogP contribution in [0.2, 0.25) is 0 Å². The second-order valence-corrected chi connectivity index (χ2v) is 10.1. The number of morpholine rings is 1. The van der Waals surface area contributed by atoms with Gasteiger partial charge < -0.3 is 30.3 Å². The van der Waals surface area contributed by atoms with Gasteiger partial charge in [-0.05, 0) is 68.3 Å². The van der Waals surface area contributed by atoms with Crippen LogP contribution in [0, 0.1) is 0 Å². The van der Waals surface area contributed by atoms with Crippen molar-refractivity contribution in [2.24, 2.45) is 0 Å². The van der Waals surface area contributed by atoms with Crippen molar-refractivity contribution in [2.75, 3.05) is 48.4 Å². The lowest BCUT2D eigenvalue weighted by molar-refractivity contribution is -0.137. The van der Waals surface area contributed by atoms with Gasteiger partial charge in [0.2, 0.25) is 0 Å². The number of carbonyl (C=O) groups excluding carboxylic acids is 1. The highest BCUT2D eigenvalue weighted by Gasteiger charge is 2.32. The third kappa shape index (κ3) is 7.44. The second-order valence-electron chi connectivity index (χ2n) is 10.1. The molecule has 0 saturated carbocycles. The molecule has 0 radical (unpaired) electrons. The van der Waals surface area contributed by atoms with Crippen LogP contribution < -0.4 is 25.6 Å². The fourth-order valence-corrected chi connectivity index (χ4v) is 4.96. The second kappa shape index (κ2) is 12.7. The van der Waals surface area contributed by atoms with Crippen molar-refractivity contribution in [1.82, 2.24) is 15.3 Å². The van der Waals surface area contributed by atoms with E-state index in [0.29, 0.717) is 25.6 Å². The molecule has 41 heavy (non-hydrogen) atoms. The lowest BCUT2D eigenvalue weighted by Crippen LogP contribution is -2.36. The van der Waals surface area contributed by atoms with Gasteiger partial charge in [-0.15, -0.1) is 0 Å². The lowest BCUT2D eigenvalue weighted by atomic mass is 10.1. The SMILES string of the molecule is CC(Oc1cc(NC(=O)c2cccnc2NCc2ccnc(N3CCOCC3)c2)cc(C(F)(F)F)c1)C1CCCN1. The maximum Gasteiger partial charge on any atom is 0.416 e. The van der Waals surface area contributed by atoms with Crippen LogP contribution in [0.15, 0.2) is 54.9 Å². The van der Waals surface area contributed by atoms with Gasteiger partial charge in [0, 0.05) is 49.8 Å². The van der Waals surface area contributed by atoms with Crippen LogP contribution in [0.4, 0.5) is 30.5 Å². The van der Waals surface area contributed by atoms with E-state index in [4.69, 9.17) is 9.47 Å². The third-order valence-electron chi connectivity index (χ3n) is 7.14. The topological polar surface area (TPSA) is 101 Å². The molecular formula is C29H33F3N6O3. The van der Waals surface area contributed by atoms with E-state index in [1.807, 2.05) is 19.1 Å². The molecule has 2 unspecified atom stereocenters. The monoisotopic (exact) mass is 570 g/mol. The van der Waals surface area contributed by atoms with Crippen molar-refractivity contribution in [3.63, 3.8) is 0 Å². The quantitative estimate of drug-likeness (QED) is 0.340. The number of amides is 1. The first-order valence-electron chi connectivity index (χ1n) is 13.7. The van der Waals surface area contributed by atoms with E-state index in [-0.39, 0.29) is 29.1 Å². The molecule has 4 heterocycles. The van der Waals surface area contributed by atoms with E-state index in [2.05, 4.69) is 30.8 Å². The molecule has 218 valence electrons. The molecular weight excluding hydrogens is 537 g/mol. The number of benzene rings is 1. The van der Waals surface area contributed by atoms with Gasteiger partial charge in [0.25, 0.3) is 5.91 Å². The predicted octanol–water partition coefficient (Wildman–Crippen LogP) is 4.72. The molecule has 0 bridgehead atoms. The summed E-state index contributed by atoms with van der Waals surface area (Å²) in [6.07, 6.45) is 0.188. The Morgan fingerprint density at radius 3 is 2.76 bits per heavy atom. The Balaban J connectivity index is 1.30. The maximum absolute atomic E-state index is 13.7. The number of anilines is 3. The van der Waals surface area contributed by atoms with Crippen LogP contribution in [0.3, 0.4) is 0 Å². The summed E-state index contributed by atoms with van der Waals surface area (Å²) in [5, 5.41) is 9.08. The van der Waals surface area contributed by atoms with Crippen molar-refractivity contribution in [2.45, 2.75) is 44.6 Å². The Kier molecular flexibility index (Phi) is 8.89. The average molecular weight is 571 g/mol. The Morgan fingerprint density at radius 2 is 2.00 bits per heavy atom. The number of nitrogens with zero attached hydrogens (tertiary/aromatic N) is 3. The van der Waals surface area contributed by atoms with Gasteiger partial charge in [-0.3, -0.25) is 4.79 Å². The zero-order valence-corrected chi connectivity index (χ0v) is 22.7. The highest BCUT2D eigenvalue weighted by atomic mass is 19.4. The van der Waals surface area contributed by atoms with Crippen molar-refractivity contribution in [3.8, 4) is 5.75 Å². The summed E-state index contributed by atoms with van der Waals surface area (Å²) in [6.45, 7) is 5.84. The Morgan fingerprint density at radius 1 is 1.17 bits per heavy atom. The van der Waals surface area contributed by atoms with E-state index in [1.165, 1.54) is 6.07 Å². The molecule has 1 aromatic carbocycles. The first kappa shape index (κ1) is 28.6. The summed E-state index contributed by atoms with van der Waals surface area (Å²) >= 11 is 0. The van der Waals surface area contributed by atoms with Crippen LogP contribution in [0.5, 0.6) is 5.75 Å². The van der Waals surface area contributed by atoms with Crippen LogP contribution in [-0.4, -0.2) is 60.9 Å². The molecule has 2 atom stereocenters. The molecule has 2 aliphatic heterocycles. The molecule has 2 aromatic heterocycles. The largest absolute Gasteiger partial charge is 0.489 e. The molecule has 2 fully saturated rings. The summed E-state index contributed by atoms with van der Waals surface area (Å²) in [7, 11) is 0. The number of halogens is 3. The molecule has 12 heteroatoms. The molecule has 9 nitrogen and oxygen atoms in total. The van der Waals surface area contributed by atoms with Crippen LogP contribution >= 0.6 is 0 Å². The summed E-state index contributed by atoms with van der Waals surface area (Å²) in [5.74, 6) is 0.584. The minimum atomic E-state index is -4.61. The van der Waals surface area contributed by atoms with Crippen LogP contribution in [0.1, 0.15) is 41.3 Å². The third-order valence-corrected chi connectivity index (χ3v) is 7.14. The lowest BCUT2D eigenvalue weighted by Gasteiger charge is -2.28. The van der Waals surface area contributed by atoms with E-state index in [0.717, 1.165) is 56.0 Å². The number of ether oxygens (including phenoxy) is 2. The summed E-state index contributed by atoms with van der Waals surface area (Å²) in [5.41, 5.74) is 0.197. The van der Waals surface area contributed by atoms with E-state index < -0.39 is 17.6 Å². The highest BCUT2D eigenvalue weighted by molar-refractivity contribution is 6.07. The minimum absolute atomic E-state index is 0.0227. The van der Waals surface area contributed by atoms with Crippen LogP contribution in [0.25, 0.3) is 0 Å². The van der Waals surface area contributed by atoms with Gasteiger partial charge in [0.15, 0.2) is 0 Å². The number of alkyl halides is 3. The molecule has 0 spiro atoms. The average Bonchev–Trinajstić information content (AvgIpc) is 3.52. The number of carbonyl (C=O) groups is 1. The van der Waals surface area contributed by atoms with Gasteiger partial charge in [-0.25, -0.2) is 9.97 Å². The molecule has 2 saturated heterocycles.